The molecule has 0 saturated heterocycles. The molecule has 0 spiro atoms. The predicted octanol–water partition coefficient (Wildman–Crippen LogP) is 0.856. The Hall–Kier alpha value is -2.57. The van der Waals surface area contributed by atoms with Crippen molar-refractivity contribution < 1.29 is 24.2 Å². The lowest BCUT2D eigenvalue weighted by atomic mass is 10.1. The monoisotopic (exact) mass is 280 g/mol. The second-order valence-corrected chi connectivity index (χ2v) is 4.13. The fraction of sp³-hybridized carbons (Fsp3) is 0.308. The van der Waals surface area contributed by atoms with E-state index in [9.17, 15) is 14.4 Å². The van der Waals surface area contributed by atoms with Gasteiger partial charge in [-0.05, 0) is 19.1 Å². The summed E-state index contributed by atoms with van der Waals surface area (Å²) in [5.41, 5.74) is 0.0493. The Morgan fingerprint density at radius 1 is 1.30 bits per heavy atom. The van der Waals surface area contributed by atoms with Crippen molar-refractivity contribution in [2.45, 2.75) is 19.9 Å². The van der Waals surface area contributed by atoms with Gasteiger partial charge in [0.15, 0.2) is 0 Å². The minimum Gasteiger partial charge on any atom is -0.497 e. The summed E-state index contributed by atoms with van der Waals surface area (Å²) in [6, 6.07) is 3.44. The summed E-state index contributed by atoms with van der Waals surface area (Å²) in [4.78, 5) is 33.8. The van der Waals surface area contributed by atoms with Gasteiger partial charge in [-0.1, -0.05) is 0 Å². The topological polar surface area (TPSA) is 105 Å². The van der Waals surface area contributed by atoms with Gasteiger partial charge in [0.2, 0.25) is 11.8 Å². The highest BCUT2D eigenvalue weighted by atomic mass is 16.5. The smallest absolute Gasteiger partial charge is 0.337 e. The zero-order valence-corrected chi connectivity index (χ0v) is 11.4. The number of hydrogen-bond acceptors (Lipinski definition) is 4. The molecule has 7 nitrogen and oxygen atoms in total. The van der Waals surface area contributed by atoms with Gasteiger partial charge in [0.1, 0.15) is 11.8 Å². The molecular weight excluding hydrogens is 264 g/mol. The SMILES string of the molecule is COc1ccc(C(=O)O)c(NC(=O)C(C)NC(C)=O)c1. The molecule has 0 fully saturated rings. The van der Waals surface area contributed by atoms with Crippen molar-refractivity contribution >= 4 is 23.5 Å². The van der Waals surface area contributed by atoms with E-state index in [1.807, 2.05) is 0 Å². The van der Waals surface area contributed by atoms with Crippen LogP contribution >= 0.6 is 0 Å². The highest BCUT2D eigenvalue weighted by Gasteiger charge is 2.18. The summed E-state index contributed by atoms with van der Waals surface area (Å²) in [6.45, 7) is 2.79. The average molecular weight is 280 g/mol. The van der Waals surface area contributed by atoms with Crippen LogP contribution in [0.3, 0.4) is 0 Å². The summed E-state index contributed by atoms with van der Waals surface area (Å²) >= 11 is 0. The first-order valence-corrected chi connectivity index (χ1v) is 5.84. The van der Waals surface area contributed by atoms with Gasteiger partial charge < -0.3 is 20.5 Å². The first-order valence-electron chi connectivity index (χ1n) is 5.84. The molecule has 0 bridgehead atoms. The summed E-state index contributed by atoms with van der Waals surface area (Å²) in [5, 5.41) is 13.9. The normalized spacial score (nSPS) is 11.3. The van der Waals surface area contributed by atoms with E-state index in [-0.39, 0.29) is 17.2 Å². The lowest BCUT2D eigenvalue weighted by Crippen LogP contribution is -2.40. The van der Waals surface area contributed by atoms with Gasteiger partial charge in [-0.2, -0.15) is 0 Å². The number of carbonyl (C=O) groups is 3. The third kappa shape index (κ3) is 3.98. The van der Waals surface area contributed by atoms with Gasteiger partial charge in [0, 0.05) is 13.0 Å². The summed E-state index contributed by atoms with van der Waals surface area (Å²) in [7, 11) is 1.43. The van der Waals surface area contributed by atoms with E-state index < -0.39 is 17.9 Å². The Bertz CT molecular complexity index is 542. The highest BCUT2D eigenvalue weighted by molar-refractivity contribution is 6.03. The molecule has 3 N–H and O–H groups in total. The summed E-state index contributed by atoms with van der Waals surface area (Å²) in [6.07, 6.45) is 0. The van der Waals surface area contributed by atoms with Crippen LogP contribution in [0.2, 0.25) is 0 Å². The Morgan fingerprint density at radius 3 is 2.45 bits per heavy atom. The van der Waals surface area contributed by atoms with Crippen LogP contribution in [0.15, 0.2) is 18.2 Å². The van der Waals surface area contributed by atoms with Crippen LogP contribution in [0.1, 0.15) is 24.2 Å². The van der Waals surface area contributed by atoms with Crippen molar-refractivity contribution in [1.82, 2.24) is 5.32 Å². The zero-order chi connectivity index (χ0) is 15.3. The molecule has 0 radical (unpaired) electrons. The first-order chi connectivity index (χ1) is 9.35. The number of carboxylic acid groups (broad SMARTS) is 1. The number of aromatic carboxylic acids is 1. The predicted molar refractivity (Wildman–Crippen MR) is 71.9 cm³/mol. The number of hydrogen-bond donors (Lipinski definition) is 3. The Balaban J connectivity index is 2.97. The van der Waals surface area contributed by atoms with Crippen LogP contribution in [-0.2, 0) is 9.59 Å². The van der Waals surface area contributed by atoms with Crippen LogP contribution in [-0.4, -0.2) is 36.0 Å². The minimum absolute atomic E-state index is 0.0609. The Kier molecular flexibility index (Phi) is 5.08. The van der Waals surface area contributed by atoms with Crippen LogP contribution in [0, 0.1) is 0 Å². The maximum Gasteiger partial charge on any atom is 0.337 e. The molecule has 0 aliphatic carbocycles. The van der Waals surface area contributed by atoms with Crippen molar-refractivity contribution in [2.75, 3.05) is 12.4 Å². The molecule has 0 aliphatic heterocycles. The molecule has 0 aliphatic rings. The van der Waals surface area contributed by atoms with E-state index in [0.717, 1.165) is 0 Å². The maximum absolute atomic E-state index is 11.9. The van der Waals surface area contributed by atoms with E-state index in [1.165, 1.54) is 39.2 Å². The molecule has 1 atom stereocenters. The molecule has 20 heavy (non-hydrogen) atoms. The molecule has 1 rings (SSSR count). The quantitative estimate of drug-likeness (QED) is 0.742. The molecule has 108 valence electrons. The van der Waals surface area contributed by atoms with Gasteiger partial charge in [-0.25, -0.2) is 4.79 Å². The highest BCUT2D eigenvalue weighted by Crippen LogP contribution is 2.22. The number of rotatable bonds is 5. The Labute approximate surface area is 115 Å². The second kappa shape index (κ2) is 6.55. The number of carboxylic acids is 1. The molecule has 0 heterocycles. The fourth-order valence-corrected chi connectivity index (χ4v) is 1.55. The average Bonchev–Trinajstić information content (AvgIpc) is 2.37. The van der Waals surface area contributed by atoms with Gasteiger partial charge in [0.25, 0.3) is 0 Å². The molecule has 2 amide bonds. The number of ether oxygens (including phenoxy) is 1. The molecule has 1 aromatic carbocycles. The minimum atomic E-state index is -1.17. The summed E-state index contributed by atoms with van der Waals surface area (Å²) in [5.74, 6) is -1.62. The lowest BCUT2D eigenvalue weighted by molar-refractivity contribution is -0.124. The van der Waals surface area contributed by atoms with Gasteiger partial charge in [-0.15, -0.1) is 0 Å². The van der Waals surface area contributed by atoms with E-state index >= 15 is 0 Å². The van der Waals surface area contributed by atoms with E-state index in [1.54, 1.807) is 0 Å². The zero-order valence-electron chi connectivity index (χ0n) is 11.4. The van der Waals surface area contributed by atoms with Crippen LogP contribution < -0.4 is 15.4 Å². The van der Waals surface area contributed by atoms with Crippen molar-refractivity contribution in [1.29, 1.82) is 0 Å². The van der Waals surface area contributed by atoms with Gasteiger partial charge in [-0.3, -0.25) is 9.59 Å². The fourth-order valence-electron chi connectivity index (χ4n) is 1.55. The van der Waals surface area contributed by atoms with E-state index in [2.05, 4.69) is 10.6 Å². The third-order valence-corrected chi connectivity index (χ3v) is 2.53. The van der Waals surface area contributed by atoms with Crippen molar-refractivity contribution in [3.63, 3.8) is 0 Å². The molecular formula is C13H16N2O5. The number of methoxy groups -OCH3 is 1. The lowest BCUT2D eigenvalue weighted by Gasteiger charge is -2.15. The standard InChI is InChI=1S/C13H16N2O5/c1-7(14-8(2)16)12(17)15-11-6-9(20-3)4-5-10(11)13(18)19/h4-7H,1-3H3,(H,14,16)(H,15,17)(H,18,19). The molecule has 0 saturated carbocycles. The molecule has 1 aromatic rings. The third-order valence-electron chi connectivity index (χ3n) is 2.53. The number of benzene rings is 1. The van der Waals surface area contributed by atoms with Crippen molar-refractivity contribution in [2.24, 2.45) is 0 Å². The van der Waals surface area contributed by atoms with E-state index in [0.29, 0.717) is 5.75 Å². The molecule has 1 unspecified atom stereocenters. The number of anilines is 1. The number of carbonyl (C=O) groups excluding carboxylic acids is 2. The van der Waals surface area contributed by atoms with E-state index in [4.69, 9.17) is 9.84 Å². The van der Waals surface area contributed by atoms with Crippen LogP contribution in [0.5, 0.6) is 5.75 Å². The molecule has 7 heteroatoms. The second-order valence-electron chi connectivity index (χ2n) is 4.13. The van der Waals surface area contributed by atoms with Crippen LogP contribution in [0.25, 0.3) is 0 Å². The maximum atomic E-state index is 11.9. The van der Waals surface area contributed by atoms with Crippen molar-refractivity contribution in [3.05, 3.63) is 23.8 Å². The number of nitrogens with one attached hydrogen (secondary N) is 2. The van der Waals surface area contributed by atoms with Gasteiger partial charge in [0.05, 0.1) is 18.4 Å². The largest absolute Gasteiger partial charge is 0.497 e. The van der Waals surface area contributed by atoms with Gasteiger partial charge >= 0.3 is 5.97 Å². The Morgan fingerprint density at radius 2 is 1.95 bits per heavy atom. The summed E-state index contributed by atoms with van der Waals surface area (Å²) < 4.78 is 4.98. The molecule has 0 aromatic heterocycles. The van der Waals surface area contributed by atoms with Crippen molar-refractivity contribution in [3.8, 4) is 5.75 Å². The first kappa shape index (κ1) is 15.5. The van der Waals surface area contributed by atoms with Crippen LogP contribution in [0.4, 0.5) is 5.69 Å². The number of amides is 2.